The first-order chi connectivity index (χ1) is 13.4. The van der Waals surface area contributed by atoms with Crippen molar-refractivity contribution < 1.29 is 18.7 Å². The van der Waals surface area contributed by atoms with Crippen LogP contribution in [0, 0.1) is 0 Å². The molecule has 3 rings (SSSR count). The minimum Gasteiger partial charge on any atom is -0.465 e. The highest BCUT2D eigenvalue weighted by Crippen LogP contribution is 2.23. The number of nitrogens with one attached hydrogen (secondary N) is 2. The molecule has 0 aliphatic rings. The molecule has 2 heterocycles. The van der Waals surface area contributed by atoms with Crippen molar-refractivity contribution in [1.29, 1.82) is 0 Å². The number of halogens is 2. The van der Waals surface area contributed by atoms with Gasteiger partial charge in [0.15, 0.2) is 11.6 Å². The van der Waals surface area contributed by atoms with Crippen LogP contribution in [0.1, 0.15) is 11.1 Å². The zero-order valence-corrected chi connectivity index (χ0v) is 14.8. The Kier molecular flexibility index (Phi) is 5.72. The van der Waals surface area contributed by atoms with Crippen molar-refractivity contribution >= 4 is 17.9 Å². The maximum absolute atomic E-state index is 12.9. The molecule has 28 heavy (non-hydrogen) atoms. The van der Waals surface area contributed by atoms with E-state index in [0.29, 0.717) is 28.3 Å². The second-order valence-electron chi connectivity index (χ2n) is 5.87. The van der Waals surface area contributed by atoms with E-state index in [-0.39, 0.29) is 12.5 Å². The summed E-state index contributed by atoms with van der Waals surface area (Å²) in [4.78, 5) is 23.1. The van der Waals surface area contributed by atoms with Gasteiger partial charge in [-0.2, -0.15) is 10.1 Å². The van der Waals surface area contributed by atoms with Gasteiger partial charge in [0.2, 0.25) is 12.4 Å². The average molecular weight is 389 g/mol. The van der Waals surface area contributed by atoms with E-state index in [1.54, 1.807) is 36.1 Å². The van der Waals surface area contributed by atoms with E-state index in [2.05, 4.69) is 30.7 Å². The van der Waals surface area contributed by atoms with Crippen LogP contribution in [0.5, 0.6) is 0 Å². The molecule has 0 bridgehead atoms. The zero-order chi connectivity index (χ0) is 20.1. The van der Waals surface area contributed by atoms with Crippen molar-refractivity contribution in [1.82, 2.24) is 30.0 Å². The maximum atomic E-state index is 12.9. The second kappa shape index (κ2) is 8.37. The number of amides is 1. The first-order valence-electron chi connectivity index (χ1n) is 8.23. The topological polar surface area (TPSA) is 118 Å². The highest BCUT2D eigenvalue weighted by Gasteiger charge is 2.13. The molecule has 0 saturated carbocycles. The Labute approximate surface area is 158 Å². The molecule has 0 atom stereocenters. The van der Waals surface area contributed by atoms with Crippen LogP contribution in [0.4, 0.5) is 25.3 Å². The van der Waals surface area contributed by atoms with Gasteiger partial charge in [0.05, 0.1) is 0 Å². The number of aryl methyl sites for hydroxylation is 1. The number of aromatic nitrogens is 5. The average Bonchev–Trinajstić information content (AvgIpc) is 3.05. The molecule has 0 aliphatic heterocycles. The van der Waals surface area contributed by atoms with Crippen molar-refractivity contribution in [2.45, 2.75) is 19.4 Å². The summed E-state index contributed by atoms with van der Waals surface area (Å²) in [6.45, 7) is -0.0681. The second-order valence-corrected chi connectivity index (χ2v) is 5.87. The fourth-order valence-electron chi connectivity index (χ4n) is 2.56. The third-order valence-electron chi connectivity index (χ3n) is 3.79. The quantitative estimate of drug-likeness (QED) is 0.568. The van der Waals surface area contributed by atoms with Gasteiger partial charge in [0.1, 0.15) is 6.33 Å². The van der Waals surface area contributed by atoms with Crippen molar-refractivity contribution in [3.63, 3.8) is 0 Å². The summed E-state index contributed by atoms with van der Waals surface area (Å²) in [6.07, 6.45) is -1.24. The standard InChI is InChI=1S/C17H17F2N7O2/c1-26-5-4-14(25-26)23-16-22-9-21-15(24-16)10-2-3-11(8-20-17(27)28)12(6-10)7-13(18)19/h2-6,9,13,20H,7-8H2,1H3,(H,27,28)(H,21,22,23,24,25). The highest BCUT2D eigenvalue weighted by molar-refractivity contribution is 5.65. The summed E-state index contributed by atoms with van der Waals surface area (Å²) in [6, 6.07) is 6.51. The first kappa shape index (κ1) is 19.1. The lowest BCUT2D eigenvalue weighted by Gasteiger charge is -2.12. The Hall–Kier alpha value is -3.63. The molecule has 2 aromatic heterocycles. The summed E-state index contributed by atoms with van der Waals surface area (Å²) in [7, 11) is 1.77. The predicted octanol–water partition coefficient (Wildman–Crippen LogP) is 2.59. The largest absolute Gasteiger partial charge is 0.465 e. The van der Waals surface area contributed by atoms with E-state index in [9.17, 15) is 13.6 Å². The van der Waals surface area contributed by atoms with Crippen LogP contribution in [0.3, 0.4) is 0 Å². The van der Waals surface area contributed by atoms with Gasteiger partial charge in [-0.1, -0.05) is 12.1 Å². The van der Waals surface area contributed by atoms with E-state index in [0.717, 1.165) is 0 Å². The van der Waals surface area contributed by atoms with Gasteiger partial charge < -0.3 is 15.7 Å². The molecule has 0 unspecified atom stereocenters. The number of benzene rings is 1. The van der Waals surface area contributed by atoms with Gasteiger partial charge >= 0.3 is 6.09 Å². The number of hydrogen-bond acceptors (Lipinski definition) is 6. The number of alkyl halides is 2. The van der Waals surface area contributed by atoms with Crippen molar-refractivity contribution in [3.8, 4) is 11.4 Å². The fourth-order valence-corrected chi connectivity index (χ4v) is 2.56. The van der Waals surface area contributed by atoms with Crippen molar-refractivity contribution in [3.05, 3.63) is 47.9 Å². The van der Waals surface area contributed by atoms with Crippen LogP contribution in [-0.2, 0) is 20.0 Å². The molecule has 0 saturated heterocycles. The van der Waals surface area contributed by atoms with Crippen LogP contribution in [-0.4, -0.2) is 42.4 Å². The SMILES string of the molecule is Cn1ccc(Nc2ncnc(-c3ccc(CNC(=O)O)c(CC(F)F)c3)n2)n1. The van der Waals surface area contributed by atoms with E-state index in [4.69, 9.17) is 5.11 Å². The summed E-state index contributed by atoms with van der Waals surface area (Å²) < 4.78 is 27.5. The van der Waals surface area contributed by atoms with Crippen LogP contribution < -0.4 is 10.6 Å². The Bertz CT molecular complexity index is 978. The smallest absolute Gasteiger partial charge is 0.404 e. The molecule has 3 N–H and O–H groups in total. The number of nitrogens with zero attached hydrogens (tertiary/aromatic N) is 5. The Balaban J connectivity index is 1.87. The molecule has 0 fully saturated rings. The molecule has 9 nitrogen and oxygen atoms in total. The van der Waals surface area contributed by atoms with Crippen LogP contribution in [0.15, 0.2) is 36.8 Å². The van der Waals surface area contributed by atoms with Crippen molar-refractivity contribution in [2.24, 2.45) is 7.05 Å². The molecular formula is C17H17F2N7O2. The highest BCUT2D eigenvalue weighted by atomic mass is 19.3. The predicted molar refractivity (Wildman–Crippen MR) is 96.3 cm³/mol. The summed E-state index contributed by atoms with van der Waals surface area (Å²) in [5, 5.41) is 18.0. The van der Waals surface area contributed by atoms with Crippen LogP contribution in [0.2, 0.25) is 0 Å². The van der Waals surface area contributed by atoms with Gasteiger partial charge in [-0.3, -0.25) is 4.68 Å². The van der Waals surface area contributed by atoms with E-state index in [1.807, 2.05) is 0 Å². The lowest BCUT2D eigenvalue weighted by molar-refractivity contribution is 0.149. The third-order valence-corrected chi connectivity index (χ3v) is 3.79. The molecule has 0 aliphatic carbocycles. The minimum absolute atomic E-state index is 0.0681. The number of carboxylic acid groups (broad SMARTS) is 1. The Morgan fingerprint density at radius 3 is 2.75 bits per heavy atom. The number of hydrogen-bond donors (Lipinski definition) is 3. The maximum Gasteiger partial charge on any atom is 0.404 e. The molecule has 3 aromatic rings. The summed E-state index contributed by atoms with van der Waals surface area (Å²) >= 11 is 0. The van der Waals surface area contributed by atoms with Crippen LogP contribution in [0.25, 0.3) is 11.4 Å². The fraction of sp³-hybridized carbons (Fsp3) is 0.235. The van der Waals surface area contributed by atoms with E-state index < -0.39 is 18.9 Å². The number of anilines is 2. The molecule has 1 amide bonds. The molecule has 146 valence electrons. The van der Waals surface area contributed by atoms with Gasteiger partial charge in [-0.25, -0.2) is 23.5 Å². The minimum atomic E-state index is -2.57. The van der Waals surface area contributed by atoms with Gasteiger partial charge in [-0.15, -0.1) is 0 Å². The third kappa shape index (κ3) is 4.96. The normalized spacial score (nSPS) is 10.9. The number of carbonyl (C=O) groups is 1. The summed E-state index contributed by atoms with van der Waals surface area (Å²) in [5.41, 5.74) is 1.30. The van der Waals surface area contributed by atoms with E-state index in [1.165, 1.54) is 12.4 Å². The van der Waals surface area contributed by atoms with Gasteiger partial charge in [-0.05, 0) is 17.2 Å². The van der Waals surface area contributed by atoms with E-state index >= 15 is 0 Å². The monoisotopic (exact) mass is 389 g/mol. The molecular weight excluding hydrogens is 372 g/mol. The first-order valence-corrected chi connectivity index (χ1v) is 8.23. The Morgan fingerprint density at radius 2 is 2.07 bits per heavy atom. The lowest BCUT2D eigenvalue weighted by Crippen LogP contribution is -2.21. The summed E-state index contributed by atoms with van der Waals surface area (Å²) in [5.74, 6) is 1.10. The molecule has 11 heteroatoms. The van der Waals surface area contributed by atoms with Gasteiger partial charge in [0, 0.05) is 37.8 Å². The Morgan fingerprint density at radius 1 is 1.25 bits per heavy atom. The molecule has 0 spiro atoms. The zero-order valence-electron chi connectivity index (χ0n) is 14.8. The van der Waals surface area contributed by atoms with Crippen molar-refractivity contribution in [2.75, 3.05) is 5.32 Å². The number of rotatable bonds is 7. The lowest BCUT2D eigenvalue weighted by atomic mass is 10.0. The molecule has 0 radical (unpaired) electrons. The van der Waals surface area contributed by atoms with Gasteiger partial charge in [0.25, 0.3) is 0 Å². The molecule has 1 aromatic carbocycles. The van der Waals surface area contributed by atoms with Crippen LogP contribution >= 0.6 is 0 Å².